The van der Waals surface area contributed by atoms with Crippen molar-refractivity contribution in [2.45, 2.75) is 6.92 Å². The Morgan fingerprint density at radius 1 is 1.50 bits per heavy atom. The molecule has 0 N–H and O–H groups in total. The summed E-state index contributed by atoms with van der Waals surface area (Å²) in [6.45, 7) is 6.08. The summed E-state index contributed by atoms with van der Waals surface area (Å²) in [4.78, 5) is 13.4. The third-order valence-corrected chi connectivity index (χ3v) is 1.21. The maximum Gasteiger partial charge on any atom is 0.333 e. The fourth-order valence-electron chi connectivity index (χ4n) is 0.569. The van der Waals surface area contributed by atoms with Crippen molar-refractivity contribution in [1.29, 1.82) is 0 Å². The van der Waals surface area contributed by atoms with Crippen LogP contribution in [0.1, 0.15) is 6.92 Å². The summed E-state index contributed by atoms with van der Waals surface area (Å²) in [5.41, 5.74) is 8.29. The van der Waals surface area contributed by atoms with Crippen molar-refractivity contribution in [1.82, 2.24) is 0 Å². The van der Waals surface area contributed by atoms with E-state index in [1.165, 1.54) is 0 Å². The molecule has 0 aromatic heterocycles. The highest BCUT2D eigenvalue weighted by Gasteiger charge is 2.01. The van der Waals surface area contributed by atoms with Gasteiger partial charge in [0.05, 0.1) is 13.2 Å². The minimum absolute atomic E-state index is 0.183. The molecule has 0 fully saturated rings. The van der Waals surface area contributed by atoms with Gasteiger partial charge in [0.1, 0.15) is 6.61 Å². The van der Waals surface area contributed by atoms with E-state index in [0.717, 1.165) is 0 Å². The van der Waals surface area contributed by atoms with Crippen LogP contribution in [0.25, 0.3) is 10.4 Å². The minimum atomic E-state index is -0.427. The number of ether oxygens (including phenoxy) is 2. The molecule has 0 aromatic rings. The summed E-state index contributed by atoms with van der Waals surface area (Å²) < 4.78 is 9.74. The number of hydrogen-bond donors (Lipinski definition) is 0. The van der Waals surface area contributed by atoms with Crippen LogP contribution in [0, 0.1) is 0 Å². The summed E-state index contributed by atoms with van der Waals surface area (Å²) in [5, 5.41) is 3.27. The first kappa shape index (κ1) is 12.5. The first-order valence-electron chi connectivity index (χ1n) is 4.09. The molecule has 0 amide bonds. The van der Waals surface area contributed by atoms with Crippen LogP contribution >= 0.6 is 0 Å². The largest absolute Gasteiger partial charge is 0.460 e. The standard InChI is InChI=1S/C8H13N3O3/c1-7(2)8(12)14-6-5-13-4-3-10-11-9/h1,3-6H2,2H3. The van der Waals surface area contributed by atoms with E-state index in [1.807, 2.05) is 0 Å². The molecule has 0 aromatic carbocycles. The normalized spacial score (nSPS) is 8.93. The topological polar surface area (TPSA) is 84.3 Å². The van der Waals surface area contributed by atoms with Gasteiger partial charge >= 0.3 is 5.97 Å². The van der Waals surface area contributed by atoms with Crippen molar-refractivity contribution in [2.75, 3.05) is 26.4 Å². The Bertz CT molecular complexity index is 246. The zero-order valence-corrected chi connectivity index (χ0v) is 8.10. The number of rotatable bonds is 7. The molecule has 0 aliphatic heterocycles. The van der Waals surface area contributed by atoms with E-state index in [9.17, 15) is 4.79 Å². The van der Waals surface area contributed by atoms with Gasteiger partial charge in [-0.05, 0) is 12.5 Å². The average molecular weight is 199 g/mol. The Morgan fingerprint density at radius 3 is 2.79 bits per heavy atom. The highest BCUT2D eigenvalue weighted by atomic mass is 16.6. The number of carbonyl (C=O) groups is 1. The van der Waals surface area contributed by atoms with Crippen molar-refractivity contribution in [3.05, 3.63) is 22.6 Å². The molecule has 0 aliphatic carbocycles. The van der Waals surface area contributed by atoms with Crippen molar-refractivity contribution in [3.8, 4) is 0 Å². The smallest absolute Gasteiger partial charge is 0.333 e. The molecule has 78 valence electrons. The van der Waals surface area contributed by atoms with Gasteiger partial charge in [-0.2, -0.15) is 0 Å². The van der Waals surface area contributed by atoms with Crippen LogP contribution in [-0.2, 0) is 14.3 Å². The van der Waals surface area contributed by atoms with E-state index in [1.54, 1.807) is 6.92 Å². The second kappa shape index (κ2) is 8.10. The van der Waals surface area contributed by atoms with Gasteiger partial charge in [0.15, 0.2) is 0 Å². The summed E-state index contributed by atoms with van der Waals surface area (Å²) in [7, 11) is 0. The van der Waals surface area contributed by atoms with Gasteiger partial charge in [-0.25, -0.2) is 4.79 Å². The number of azide groups is 1. The third-order valence-electron chi connectivity index (χ3n) is 1.21. The molecule has 6 nitrogen and oxygen atoms in total. The number of esters is 1. The van der Waals surface area contributed by atoms with Crippen LogP contribution in [0.3, 0.4) is 0 Å². The Hall–Kier alpha value is -1.52. The lowest BCUT2D eigenvalue weighted by atomic mass is 10.4. The quantitative estimate of drug-likeness (QED) is 0.155. The SMILES string of the molecule is C=C(C)C(=O)OCCOCCN=[N+]=[N-]. The summed E-state index contributed by atoms with van der Waals surface area (Å²) in [6.07, 6.45) is 0. The van der Waals surface area contributed by atoms with Gasteiger partial charge < -0.3 is 9.47 Å². The molecule has 0 saturated heterocycles. The molecule has 0 bridgehead atoms. The fourth-order valence-corrected chi connectivity index (χ4v) is 0.569. The summed E-state index contributed by atoms with van der Waals surface area (Å²) in [6, 6.07) is 0. The van der Waals surface area contributed by atoms with E-state index in [0.29, 0.717) is 18.8 Å². The summed E-state index contributed by atoms with van der Waals surface area (Å²) in [5.74, 6) is -0.427. The Balaban J connectivity index is 3.25. The molecule has 0 atom stereocenters. The number of nitrogens with zero attached hydrogens (tertiary/aromatic N) is 3. The third kappa shape index (κ3) is 7.15. The van der Waals surface area contributed by atoms with Crippen molar-refractivity contribution in [3.63, 3.8) is 0 Å². The molecule has 0 spiro atoms. The van der Waals surface area contributed by atoms with Gasteiger partial charge in [0.2, 0.25) is 0 Å². The van der Waals surface area contributed by atoms with Gasteiger partial charge in [-0.3, -0.25) is 0 Å². The molecule has 0 saturated carbocycles. The summed E-state index contributed by atoms with van der Waals surface area (Å²) >= 11 is 0. The monoisotopic (exact) mass is 199 g/mol. The van der Waals surface area contributed by atoms with Crippen molar-refractivity contribution < 1.29 is 14.3 Å². The molecule has 0 heterocycles. The lowest BCUT2D eigenvalue weighted by molar-refractivity contribution is -0.140. The lowest BCUT2D eigenvalue weighted by Crippen LogP contribution is -2.11. The van der Waals surface area contributed by atoms with E-state index >= 15 is 0 Å². The second-order valence-electron chi connectivity index (χ2n) is 2.48. The predicted molar refractivity (Wildman–Crippen MR) is 50.6 cm³/mol. The van der Waals surface area contributed by atoms with Crippen LogP contribution in [0.2, 0.25) is 0 Å². The fraction of sp³-hybridized carbons (Fsp3) is 0.625. The van der Waals surface area contributed by atoms with Crippen molar-refractivity contribution in [2.24, 2.45) is 5.11 Å². The molecular formula is C8H13N3O3. The first-order valence-corrected chi connectivity index (χ1v) is 4.09. The van der Waals surface area contributed by atoms with E-state index in [4.69, 9.17) is 15.0 Å². The first-order chi connectivity index (χ1) is 6.68. The van der Waals surface area contributed by atoms with E-state index in [-0.39, 0.29) is 13.2 Å². The molecule has 0 aliphatic rings. The Morgan fingerprint density at radius 2 is 2.21 bits per heavy atom. The molecule has 6 heteroatoms. The molecule has 0 radical (unpaired) electrons. The van der Waals surface area contributed by atoms with Crippen LogP contribution in [0.15, 0.2) is 17.3 Å². The molecule has 14 heavy (non-hydrogen) atoms. The predicted octanol–water partition coefficient (Wildman–Crippen LogP) is 1.43. The number of hydrogen-bond acceptors (Lipinski definition) is 4. The molecule has 0 rings (SSSR count). The zero-order valence-electron chi connectivity index (χ0n) is 8.10. The maximum absolute atomic E-state index is 10.8. The van der Waals surface area contributed by atoms with Gasteiger partial charge in [0, 0.05) is 17.0 Å². The lowest BCUT2D eigenvalue weighted by Gasteiger charge is -2.04. The Labute approximate surface area is 82.1 Å². The van der Waals surface area contributed by atoms with Gasteiger partial charge in [0.25, 0.3) is 0 Å². The zero-order chi connectivity index (χ0) is 10.8. The van der Waals surface area contributed by atoms with Crippen molar-refractivity contribution >= 4 is 5.97 Å². The van der Waals surface area contributed by atoms with Gasteiger partial charge in [-0.15, -0.1) is 0 Å². The number of carbonyl (C=O) groups excluding carboxylic acids is 1. The molecule has 0 unspecified atom stereocenters. The van der Waals surface area contributed by atoms with Crippen LogP contribution in [0.5, 0.6) is 0 Å². The molecular weight excluding hydrogens is 186 g/mol. The van der Waals surface area contributed by atoms with Gasteiger partial charge in [-0.1, -0.05) is 11.7 Å². The average Bonchev–Trinajstić information content (AvgIpc) is 2.16. The van der Waals surface area contributed by atoms with Crippen LogP contribution in [0.4, 0.5) is 0 Å². The highest BCUT2D eigenvalue weighted by Crippen LogP contribution is 1.91. The van der Waals surface area contributed by atoms with E-state index < -0.39 is 5.97 Å². The highest BCUT2D eigenvalue weighted by molar-refractivity contribution is 5.86. The Kier molecular flexibility index (Phi) is 7.22. The maximum atomic E-state index is 10.8. The minimum Gasteiger partial charge on any atom is -0.460 e. The van der Waals surface area contributed by atoms with Crippen LogP contribution < -0.4 is 0 Å². The van der Waals surface area contributed by atoms with E-state index in [2.05, 4.69) is 16.6 Å². The van der Waals surface area contributed by atoms with Crippen LogP contribution in [-0.4, -0.2) is 32.3 Å². The second-order valence-corrected chi connectivity index (χ2v) is 2.48.